The van der Waals surface area contributed by atoms with Gasteiger partial charge >= 0.3 is 5.97 Å². The van der Waals surface area contributed by atoms with Crippen molar-refractivity contribution in [2.45, 2.75) is 6.54 Å². The van der Waals surface area contributed by atoms with Gasteiger partial charge < -0.3 is 20.1 Å². The van der Waals surface area contributed by atoms with Gasteiger partial charge in [0, 0.05) is 31.5 Å². The second kappa shape index (κ2) is 11.0. The Balaban J connectivity index is 1.67. The minimum atomic E-state index is -0.450. The fourth-order valence-corrected chi connectivity index (χ4v) is 4.03. The van der Waals surface area contributed by atoms with Crippen molar-refractivity contribution in [3.63, 3.8) is 0 Å². The number of benzene rings is 3. The van der Waals surface area contributed by atoms with E-state index in [1.54, 1.807) is 25.3 Å². The van der Waals surface area contributed by atoms with Crippen LogP contribution in [0.4, 0.5) is 11.4 Å². The molecule has 3 aromatic carbocycles. The summed E-state index contributed by atoms with van der Waals surface area (Å²) in [6, 6.07) is 23.0. The van der Waals surface area contributed by atoms with Crippen molar-refractivity contribution >= 4 is 34.5 Å². The van der Waals surface area contributed by atoms with Gasteiger partial charge in [-0.15, -0.1) is 0 Å². The van der Waals surface area contributed by atoms with Crippen LogP contribution in [0.2, 0.25) is 0 Å². The molecule has 1 aliphatic heterocycles. The number of carbonyl (C=O) groups is 2. The Kier molecular flexibility index (Phi) is 7.60. The number of likely N-dealkylation sites (N-methyl/N-ethyl adjacent to an activating group) is 1. The molecule has 35 heavy (non-hydrogen) atoms. The summed E-state index contributed by atoms with van der Waals surface area (Å²) < 4.78 is 9.96. The average Bonchev–Trinajstić information content (AvgIpc) is 3.21. The highest BCUT2D eigenvalue weighted by Gasteiger charge is 2.29. The monoisotopic (exact) mass is 471 g/mol. The molecule has 3 aromatic rings. The predicted octanol–water partition coefficient (Wildman–Crippen LogP) is 4.48. The maximum atomic E-state index is 13.1. The number of carbonyl (C=O) groups excluding carboxylic acids is 2. The van der Waals surface area contributed by atoms with Crippen molar-refractivity contribution in [3.05, 3.63) is 95.1 Å². The van der Waals surface area contributed by atoms with E-state index in [1.807, 2.05) is 42.5 Å². The van der Waals surface area contributed by atoms with Gasteiger partial charge in [0.1, 0.15) is 0 Å². The number of methoxy groups -OCH3 is 2. The second-order valence-electron chi connectivity index (χ2n) is 8.37. The summed E-state index contributed by atoms with van der Waals surface area (Å²) in [4.78, 5) is 27.3. The Morgan fingerprint density at radius 1 is 0.971 bits per heavy atom. The highest BCUT2D eigenvalue weighted by Crippen LogP contribution is 2.38. The van der Waals surface area contributed by atoms with Crippen molar-refractivity contribution in [3.8, 4) is 0 Å². The Labute approximate surface area is 205 Å². The van der Waals surface area contributed by atoms with Gasteiger partial charge in [0.05, 0.1) is 36.2 Å². The third-order valence-electron chi connectivity index (χ3n) is 5.85. The Morgan fingerprint density at radius 3 is 2.40 bits per heavy atom. The molecule has 0 fully saturated rings. The van der Waals surface area contributed by atoms with Crippen LogP contribution in [0.5, 0.6) is 0 Å². The summed E-state index contributed by atoms with van der Waals surface area (Å²) >= 11 is 0. The number of esters is 1. The molecule has 180 valence electrons. The normalized spacial score (nSPS) is 13.9. The molecule has 0 saturated heterocycles. The number of nitrogens with one attached hydrogen (secondary N) is 2. The standard InChI is InChI=1S/C28H29N3O4/c1-31(15-16-34-2)18-19-9-12-22(13-10-19)29-26(20-7-5-4-6-8-20)25-23-14-11-21(28(33)35-3)17-24(23)30-27(25)32/h4-14,17,29H,15-16,18H2,1-3H3,(H,30,32)/b26-25-. The van der Waals surface area contributed by atoms with E-state index in [2.05, 4.69) is 34.7 Å². The average molecular weight is 472 g/mol. The third kappa shape index (κ3) is 5.59. The van der Waals surface area contributed by atoms with Crippen molar-refractivity contribution in [1.82, 2.24) is 4.90 Å². The first-order valence-corrected chi connectivity index (χ1v) is 11.4. The van der Waals surface area contributed by atoms with Crippen LogP contribution in [0.3, 0.4) is 0 Å². The number of hydrogen-bond donors (Lipinski definition) is 2. The zero-order chi connectivity index (χ0) is 24.8. The van der Waals surface area contributed by atoms with Gasteiger partial charge in [-0.2, -0.15) is 0 Å². The largest absolute Gasteiger partial charge is 0.465 e. The van der Waals surface area contributed by atoms with Gasteiger partial charge in [0.25, 0.3) is 5.91 Å². The molecule has 2 N–H and O–H groups in total. The number of rotatable bonds is 9. The zero-order valence-corrected chi connectivity index (χ0v) is 20.1. The van der Waals surface area contributed by atoms with Crippen molar-refractivity contribution in [1.29, 1.82) is 0 Å². The molecule has 1 aliphatic rings. The van der Waals surface area contributed by atoms with Gasteiger partial charge in [-0.1, -0.05) is 48.5 Å². The molecule has 7 nitrogen and oxygen atoms in total. The van der Waals surface area contributed by atoms with Crippen LogP contribution < -0.4 is 10.6 Å². The first-order valence-electron chi connectivity index (χ1n) is 11.4. The fourth-order valence-electron chi connectivity index (χ4n) is 4.03. The molecule has 0 radical (unpaired) electrons. The lowest BCUT2D eigenvalue weighted by Gasteiger charge is -2.17. The van der Waals surface area contributed by atoms with Crippen LogP contribution in [0.15, 0.2) is 72.8 Å². The van der Waals surface area contributed by atoms with Gasteiger partial charge in [-0.05, 0) is 42.4 Å². The number of nitrogens with zero attached hydrogens (tertiary/aromatic N) is 1. The summed E-state index contributed by atoms with van der Waals surface area (Å²) in [7, 11) is 5.10. The summed E-state index contributed by atoms with van der Waals surface area (Å²) in [5.41, 5.74) is 5.83. The van der Waals surface area contributed by atoms with Crippen LogP contribution in [-0.4, -0.2) is 51.2 Å². The van der Waals surface area contributed by atoms with Crippen molar-refractivity contribution < 1.29 is 19.1 Å². The second-order valence-corrected chi connectivity index (χ2v) is 8.37. The van der Waals surface area contributed by atoms with E-state index in [0.717, 1.165) is 29.9 Å². The van der Waals surface area contributed by atoms with Crippen LogP contribution in [0, 0.1) is 0 Å². The van der Waals surface area contributed by atoms with Crippen molar-refractivity contribution in [2.24, 2.45) is 0 Å². The van der Waals surface area contributed by atoms with Gasteiger partial charge in [0.15, 0.2) is 0 Å². The number of fused-ring (bicyclic) bond motifs is 1. The first-order chi connectivity index (χ1) is 17.0. The lowest BCUT2D eigenvalue weighted by Crippen LogP contribution is -2.22. The van der Waals surface area contributed by atoms with Crippen LogP contribution >= 0.6 is 0 Å². The first kappa shape index (κ1) is 24.2. The molecular weight excluding hydrogens is 442 g/mol. The maximum absolute atomic E-state index is 13.1. The van der Waals surface area contributed by atoms with E-state index >= 15 is 0 Å². The van der Waals surface area contributed by atoms with Gasteiger partial charge in [-0.3, -0.25) is 9.69 Å². The van der Waals surface area contributed by atoms with E-state index in [4.69, 9.17) is 9.47 Å². The van der Waals surface area contributed by atoms with E-state index in [9.17, 15) is 9.59 Å². The molecule has 0 aromatic heterocycles. The minimum Gasteiger partial charge on any atom is -0.465 e. The lowest BCUT2D eigenvalue weighted by molar-refractivity contribution is -0.110. The molecule has 0 spiro atoms. The van der Waals surface area contributed by atoms with Gasteiger partial charge in [-0.25, -0.2) is 4.79 Å². The molecule has 7 heteroatoms. The summed E-state index contributed by atoms with van der Waals surface area (Å²) in [5, 5.41) is 6.36. The topological polar surface area (TPSA) is 79.9 Å². The summed E-state index contributed by atoms with van der Waals surface area (Å²) in [5.74, 6) is -0.682. The number of hydrogen-bond acceptors (Lipinski definition) is 6. The predicted molar refractivity (Wildman–Crippen MR) is 138 cm³/mol. The molecule has 1 heterocycles. The van der Waals surface area contributed by atoms with Gasteiger partial charge in [0.2, 0.25) is 0 Å². The number of amides is 1. The third-order valence-corrected chi connectivity index (χ3v) is 5.85. The quantitative estimate of drug-likeness (QED) is 0.354. The number of anilines is 2. The Morgan fingerprint density at radius 2 is 1.71 bits per heavy atom. The lowest BCUT2D eigenvalue weighted by atomic mass is 9.99. The SMILES string of the molecule is COCCN(C)Cc1ccc(N/C(=C2\C(=O)Nc3cc(C(=O)OC)ccc32)c2ccccc2)cc1. The maximum Gasteiger partial charge on any atom is 0.337 e. The van der Waals surface area contributed by atoms with Crippen LogP contribution in [0.1, 0.15) is 27.0 Å². The highest BCUT2D eigenvalue weighted by atomic mass is 16.5. The highest BCUT2D eigenvalue weighted by molar-refractivity contribution is 6.37. The molecule has 4 rings (SSSR count). The molecule has 0 aliphatic carbocycles. The summed E-state index contributed by atoms with van der Waals surface area (Å²) in [6.45, 7) is 2.36. The molecular formula is C28H29N3O4. The summed E-state index contributed by atoms with van der Waals surface area (Å²) in [6.07, 6.45) is 0. The fraction of sp³-hybridized carbons (Fsp3) is 0.214. The van der Waals surface area contributed by atoms with Crippen molar-refractivity contribution in [2.75, 3.05) is 45.1 Å². The molecule has 1 amide bonds. The van der Waals surface area contributed by atoms with Crippen LogP contribution in [0.25, 0.3) is 11.3 Å². The Bertz CT molecular complexity index is 1240. The number of ether oxygens (including phenoxy) is 2. The minimum absolute atomic E-state index is 0.232. The Hall–Kier alpha value is -3.94. The molecule has 0 bridgehead atoms. The van der Waals surface area contributed by atoms with E-state index in [-0.39, 0.29) is 5.91 Å². The smallest absolute Gasteiger partial charge is 0.337 e. The molecule has 0 atom stereocenters. The van der Waals surface area contributed by atoms with E-state index in [1.165, 1.54) is 12.7 Å². The van der Waals surface area contributed by atoms with E-state index in [0.29, 0.717) is 29.1 Å². The zero-order valence-electron chi connectivity index (χ0n) is 20.1. The van der Waals surface area contributed by atoms with Crippen LogP contribution in [-0.2, 0) is 20.8 Å². The molecule has 0 unspecified atom stereocenters. The molecule has 0 saturated carbocycles. The van der Waals surface area contributed by atoms with E-state index < -0.39 is 5.97 Å².